The van der Waals surface area contributed by atoms with Crippen LogP contribution in [0.1, 0.15) is 0 Å². The summed E-state index contributed by atoms with van der Waals surface area (Å²) in [4.78, 5) is 15.5. The molecule has 0 radical (unpaired) electrons. The van der Waals surface area contributed by atoms with Crippen LogP contribution >= 0.6 is 0 Å². The average molecular weight is 780 g/mol. The second-order valence-electron chi connectivity index (χ2n) is 15.2. The van der Waals surface area contributed by atoms with Crippen molar-refractivity contribution in [3.8, 4) is 89.8 Å². The fraction of sp³-hybridized carbons (Fsp3) is 0. The highest BCUT2D eigenvalue weighted by molar-refractivity contribution is 6.11. The predicted molar refractivity (Wildman–Crippen MR) is 251 cm³/mol. The molecular weight excluding hydrogens is 743 g/mol. The summed E-state index contributed by atoms with van der Waals surface area (Å²) in [5.41, 5.74) is 15.7. The van der Waals surface area contributed by atoms with Crippen LogP contribution in [0.15, 0.2) is 229 Å². The van der Waals surface area contributed by atoms with Gasteiger partial charge in [-0.25, -0.2) is 15.0 Å². The molecule has 2 heterocycles. The molecule has 0 bridgehead atoms. The maximum absolute atomic E-state index is 6.59. The van der Waals surface area contributed by atoms with Crippen molar-refractivity contribution in [1.29, 1.82) is 0 Å². The first-order valence-corrected chi connectivity index (χ1v) is 20.5. The molecule has 0 saturated heterocycles. The van der Waals surface area contributed by atoms with Crippen LogP contribution in [0, 0.1) is 0 Å². The summed E-state index contributed by atoms with van der Waals surface area (Å²) >= 11 is 0. The van der Waals surface area contributed by atoms with E-state index in [1.807, 2.05) is 48.5 Å². The lowest BCUT2D eigenvalue weighted by Gasteiger charge is -2.13. The first-order valence-electron chi connectivity index (χ1n) is 20.5. The van der Waals surface area contributed by atoms with Crippen molar-refractivity contribution in [2.75, 3.05) is 0 Å². The van der Waals surface area contributed by atoms with Crippen molar-refractivity contribution in [3.63, 3.8) is 0 Å². The minimum absolute atomic E-state index is 0.588. The van der Waals surface area contributed by atoms with E-state index in [9.17, 15) is 0 Å². The van der Waals surface area contributed by atoms with E-state index < -0.39 is 0 Å². The standard InChI is InChI=1S/C57H37N3O/c1-5-15-38(16-6-1)41-25-29-43(30-26-41)51-36-49(37-52-50-23-13-14-24-53(50)61-54(51)52)57-59-55(44-21-11-4-12-22-44)58-56(60-57)45-31-27-42(28-32-45)48-34-46(39-17-7-2-8-18-39)33-47(35-48)40-19-9-3-10-20-40/h1-37H. The zero-order valence-electron chi connectivity index (χ0n) is 33.1. The largest absolute Gasteiger partial charge is 0.455 e. The lowest BCUT2D eigenvalue weighted by molar-refractivity contribution is 0.670. The summed E-state index contributed by atoms with van der Waals surface area (Å²) < 4.78 is 6.59. The lowest BCUT2D eigenvalue weighted by atomic mass is 9.93. The monoisotopic (exact) mass is 779 g/mol. The van der Waals surface area contributed by atoms with E-state index in [4.69, 9.17) is 19.4 Å². The van der Waals surface area contributed by atoms with Crippen molar-refractivity contribution in [2.45, 2.75) is 0 Å². The number of para-hydroxylation sites is 1. The van der Waals surface area contributed by atoms with Gasteiger partial charge in [0.05, 0.1) is 0 Å². The quantitative estimate of drug-likeness (QED) is 0.154. The number of aromatic nitrogens is 3. The Labute approximate surface area is 354 Å². The van der Waals surface area contributed by atoms with Crippen molar-refractivity contribution in [1.82, 2.24) is 15.0 Å². The third-order valence-electron chi connectivity index (χ3n) is 11.3. The Morgan fingerprint density at radius 3 is 1.13 bits per heavy atom. The molecule has 0 fully saturated rings. The molecule has 61 heavy (non-hydrogen) atoms. The summed E-state index contributed by atoms with van der Waals surface area (Å²) in [5, 5.41) is 2.05. The molecule has 0 N–H and O–H groups in total. The lowest BCUT2D eigenvalue weighted by Crippen LogP contribution is -2.00. The SMILES string of the molecule is c1ccc(-c2ccc(-c3cc(-c4nc(-c5ccccc5)nc(-c5ccc(-c6cc(-c7ccccc7)cc(-c7ccccc7)c6)cc5)n4)cc4c3oc3ccccc34)cc2)cc1. The van der Waals surface area contributed by atoms with Crippen molar-refractivity contribution in [3.05, 3.63) is 224 Å². The van der Waals surface area contributed by atoms with Gasteiger partial charge < -0.3 is 4.42 Å². The molecule has 9 aromatic carbocycles. The van der Waals surface area contributed by atoms with Gasteiger partial charge in [0.25, 0.3) is 0 Å². The molecule has 2 aromatic heterocycles. The van der Waals surface area contributed by atoms with Gasteiger partial charge in [-0.05, 0) is 86.5 Å². The average Bonchev–Trinajstić information content (AvgIpc) is 3.73. The smallest absolute Gasteiger partial charge is 0.164 e. The summed E-state index contributed by atoms with van der Waals surface area (Å²) in [6.07, 6.45) is 0. The zero-order valence-corrected chi connectivity index (χ0v) is 33.1. The number of fused-ring (bicyclic) bond motifs is 3. The van der Waals surface area contributed by atoms with Crippen LogP contribution in [0.5, 0.6) is 0 Å². The molecular formula is C57H37N3O. The van der Waals surface area contributed by atoms with Gasteiger partial charge in [0.2, 0.25) is 0 Å². The van der Waals surface area contributed by atoms with E-state index in [0.29, 0.717) is 17.5 Å². The Morgan fingerprint density at radius 2 is 0.607 bits per heavy atom. The van der Waals surface area contributed by atoms with Gasteiger partial charge in [0, 0.05) is 33.0 Å². The third kappa shape index (κ3) is 7.07. The fourth-order valence-corrected chi connectivity index (χ4v) is 8.19. The van der Waals surface area contributed by atoms with Crippen LogP contribution in [0.3, 0.4) is 0 Å². The zero-order chi connectivity index (χ0) is 40.5. The number of furan rings is 1. The van der Waals surface area contributed by atoms with Crippen LogP contribution in [0.2, 0.25) is 0 Å². The van der Waals surface area contributed by atoms with Gasteiger partial charge >= 0.3 is 0 Å². The van der Waals surface area contributed by atoms with Crippen LogP contribution in [-0.4, -0.2) is 15.0 Å². The van der Waals surface area contributed by atoms with Gasteiger partial charge in [-0.15, -0.1) is 0 Å². The molecule has 11 rings (SSSR count). The molecule has 0 saturated carbocycles. The normalized spacial score (nSPS) is 11.3. The molecule has 0 aliphatic rings. The van der Waals surface area contributed by atoms with Gasteiger partial charge in [-0.2, -0.15) is 0 Å². The molecule has 286 valence electrons. The molecule has 0 aliphatic heterocycles. The van der Waals surface area contributed by atoms with Gasteiger partial charge in [0.15, 0.2) is 17.5 Å². The minimum Gasteiger partial charge on any atom is -0.455 e. The first kappa shape index (κ1) is 35.9. The summed E-state index contributed by atoms with van der Waals surface area (Å²) in [6, 6.07) is 78.3. The number of hydrogen-bond acceptors (Lipinski definition) is 4. The third-order valence-corrected chi connectivity index (χ3v) is 11.3. The molecule has 4 heteroatoms. The highest BCUT2D eigenvalue weighted by Gasteiger charge is 2.19. The Hall–Kier alpha value is -8.21. The Morgan fingerprint density at radius 1 is 0.246 bits per heavy atom. The van der Waals surface area contributed by atoms with E-state index in [-0.39, 0.29) is 0 Å². The molecule has 0 aliphatic carbocycles. The van der Waals surface area contributed by atoms with E-state index >= 15 is 0 Å². The number of benzene rings is 9. The van der Waals surface area contributed by atoms with Crippen molar-refractivity contribution < 1.29 is 4.42 Å². The van der Waals surface area contributed by atoms with Crippen LogP contribution in [0.4, 0.5) is 0 Å². The maximum Gasteiger partial charge on any atom is 0.164 e. The summed E-state index contributed by atoms with van der Waals surface area (Å²) in [6.45, 7) is 0. The highest BCUT2D eigenvalue weighted by Crippen LogP contribution is 2.40. The summed E-state index contributed by atoms with van der Waals surface area (Å²) in [7, 11) is 0. The fourth-order valence-electron chi connectivity index (χ4n) is 8.19. The number of hydrogen-bond donors (Lipinski definition) is 0. The molecule has 0 atom stereocenters. The van der Waals surface area contributed by atoms with E-state index in [0.717, 1.165) is 66.4 Å². The topological polar surface area (TPSA) is 51.8 Å². The number of rotatable bonds is 8. The molecule has 0 amide bonds. The van der Waals surface area contributed by atoms with Crippen molar-refractivity contribution in [2.24, 2.45) is 0 Å². The van der Waals surface area contributed by atoms with E-state index in [1.165, 1.54) is 27.8 Å². The van der Waals surface area contributed by atoms with E-state index in [1.54, 1.807) is 0 Å². The van der Waals surface area contributed by atoms with E-state index in [2.05, 4.69) is 176 Å². The maximum atomic E-state index is 6.59. The predicted octanol–water partition coefficient (Wildman–Crippen LogP) is 15.1. The molecule has 11 aromatic rings. The van der Waals surface area contributed by atoms with Gasteiger partial charge in [0.1, 0.15) is 11.2 Å². The van der Waals surface area contributed by atoms with Crippen LogP contribution < -0.4 is 0 Å². The molecule has 4 nitrogen and oxygen atoms in total. The van der Waals surface area contributed by atoms with Crippen molar-refractivity contribution >= 4 is 21.9 Å². The van der Waals surface area contributed by atoms with Crippen LogP contribution in [-0.2, 0) is 0 Å². The van der Waals surface area contributed by atoms with Crippen LogP contribution in [0.25, 0.3) is 112 Å². The minimum atomic E-state index is 0.588. The first-order chi connectivity index (χ1) is 30.2. The molecule has 0 unspecified atom stereocenters. The highest BCUT2D eigenvalue weighted by atomic mass is 16.3. The second kappa shape index (κ2) is 15.5. The Balaban J connectivity index is 1.04. The Bertz CT molecular complexity index is 3250. The van der Waals surface area contributed by atoms with Gasteiger partial charge in [-0.3, -0.25) is 0 Å². The number of nitrogens with zero attached hydrogens (tertiary/aromatic N) is 3. The second-order valence-corrected chi connectivity index (χ2v) is 15.2. The Kier molecular flexibility index (Phi) is 9.14. The van der Waals surface area contributed by atoms with Gasteiger partial charge in [-0.1, -0.05) is 188 Å². The summed E-state index contributed by atoms with van der Waals surface area (Å²) in [5.74, 6) is 1.80. The molecule has 0 spiro atoms.